The Labute approximate surface area is 268 Å². The third-order valence-electron chi connectivity index (χ3n) is 8.25. The van der Waals surface area contributed by atoms with Gasteiger partial charge in [-0.1, -0.05) is 64.1 Å². The van der Waals surface area contributed by atoms with Crippen LogP contribution in [0.4, 0.5) is 10.7 Å². The van der Waals surface area contributed by atoms with E-state index in [1.54, 1.807) is 6.92 Å². The molecule has 8 heteroatoms. The molecule has 2 amide bonds. The van der Waals surface area contributed by atoms with Crippen molar-refractivity contribution in [2.75, 3.05) is 17.2 Å². The van der Waals surface area contributed by atoms with Crippen LogP contribution in [0.3, 0.4) is 0 Å². The van der Waals surface area contributed by atoms with E-state index in [0.717, 1.165) is 40.5 Å². The van der Waals surface area contributed by atoms with Gasteiger partial charge in [-0.15, -0.1) is 23.1 Å². The van der Waals surface area contributed by atoms with Gasteiger partial charge in [-0.05, 0) is 90.6 Å². The summed E-state index contributed by atoms with van der Waals surface area (Å²) in [6.07, 6.45) is 3.31. The van der Waals surface area contributed by atoms with Crippen LogP contribution in [0.2, 0.25) is 0 Å². The van der Waals surface area contributed by atoms with Gasteiger partial charge >= 0.3 is 5.97 Å². The topological polar surface area (TPSA) is 84.5 Å². The summed E-state index contributed by atoms with van der Waals surface area (Å²) in [6.45, 7) is 10.8. The summed E-state index contributed by atoms with van der Waals surface area (Å²) in [7, 11) is 0. The monoisotopic (exact) mass is 628 g/mol. The number of thiophene rings is 1. The van der Waals surface area contributed by atoms with Crippen LogP contribution in [0.25, 0.3) is 10.8 Å². The highest BCUT2D eigenvalue weighted by Crippen LogP contribution is 2.45. The molecule has 0 fully saturated rings. The molecule has 1 heterocycles. The van der Waals surface area contributed by atoms with Crippen molar-refractivity contribution < 1.29 is 19.1 Å². The van der Waals surface area contributed by atoms with Crippen LogP contribution in [0, 0.1) is 11.3 Å². The third-order valence-corrected chi connectivity index (χ3v) is 10.8. The van der Waals surface area contributed by atoms with Gasteiger partial charge in [-0.25, -0.2) is 4.79 Å². The molecule has 0 radical (unpaired) electrons. The Morgan fingerprint density at radius 3 is 2.48 bits per heavy atom. The fourth-order valence-electron chi connectivity index (χ4n) is 5.69. The van der Waals surface area contributed by atoms with Crippen LogP contribution < -0.4 is 10.6 Å². The third kappa shape index (κ3) is 7.19. The lowest BCUT2D eigenvalue weighted by Gasteiger charge is -2.33. The van der Waals surface area contributed by atoms with E-state index in [2.05, 4.69) is 31.4 Å². The molecule has 6 nitrogen and oxygen atoms in total. The van der Waals surface area contributed by atoms with Gasteiger partial charge in [0.2, 0.25) is 5.91 Å². The Morgan fingerprint density at radius 2 is 1.75 bits per heavy atom. The van der Waals surface area contributed by atoms with E-state index in [1.165, 1.54) is 28.0 Å². The summed E-state index contributed by atoms with van der Waals surface area (Å²) in [5.41, 5.74) is 2.96. The highest BCUT2D eigenvalue weighted by atomic mass is 32.2. The summed E-state index contributed by atoms with van der Waals surface area (Å²) in [5, 5.41) is 8.38. The minimum atomic E-state index is -0.391. The van der Waals surface area contributed by atoms with E-state index in [0.29, 0.717) is 34.2 Å². The van der Waals surface area contributed by atoms with Crippen molar-refractivity contribution in [3.05, 3.63) is 88.3 Å². The summed E-state index contributed by atoms with van der Waals surface area (Å²) < 4.78 is 5.43. The first kappa shape index (κ1) is 31.8. The number of carbonyl (C=O) groups excluding carboxylic acids is 3. The van der Waals surface area contributed by atoms with Gasteiger partial charge < -0.3 is 15.4 Å². The van der Waals surface area contributed by atoms with Crippen LogP contribution in [0.15, 0.2) is 71.6 Å². The molecule has 1 aliphatic carbocycles. The van der Waals surface area contributed by atoms with Gasteiger partial charge in [0.15, 0.2) is 0 Å². The van der Waals surface area contributed by atoms with E-state index >= 15 is 0 Å². The molecule has 0 bridgehead atoms. The first-order valence-corrected chi connectivity index (χ1v) is 17.0. The molecular formula is C36H40N2O4S2. The standard InChI is InChI=1S/C36H40N2O4S2/c1-6-29(33(40)38-34-31(35(41)42-7-2)28-18-17-25(36(3,4)5)20-30(28)44-34)43-27-14-10-13-26(21-27)37-32(39)24-16-15-22-11-8-9-12-23(22)19-24/h8-16,19,21,25,29H,6-7,17-18,20H2,1-5H3,(H,37,39)(H,38,40). The fraction of sp³-hybridized carbons (Fsp3) is 0.361. The molecule has 0 aliphatic heterocycles. The predicted octanol–water partition coefficient (Wildman–Crippen LogP) is 8.99. The van der Waals surface area contributed by atoms with E-state index < -0.39 is 5.25 Å². The van der Waals surface area contributed by atoms with Crippen LogP contribution >= 0.6 is 23.1 Å². The number of carbonyl (C=O) groups is 3. The number of esters is 1. The summed E-state index contributed by atoms with van der Waals surface area (Å²) >= 11 is 2.96. The SMILES string of the molecule is CCOC(=O)c1c(NC(=O)C(CC)Sc2cccc(NC(=O)c3ccc4ccccc4c3)c2)sc2c1CCC(C(C)(C)C)C2. The quantitative estimate of drug-likeness (QED) is 0.143. The number of rotatable bonds is 9. The number of ether oxygens (including phenoxy) is 1. The van der Waals surface area contributed by atoms with Crippen molar-refractivity contribution in [3.63, 3.8) is 0 Å². The molecule has 1 aromatic heterocycles. The van der Waals surface area contributed by atoms with Gasteiger partial charge in [0.1, 0.15) is 5.00 Å². The Kier molecular flexibility index (Phi) is 9.81. The number of hydrogen-bond donors (Lipinski definition) is 2. The van der Waals surface area contributed by atoms with Gasteiger partial charge in [0, 0.05) is 21.0 Å². The smallest absolute Gasteiger partial charge is 0.341 e. The zero-order chi connectivity index (χ0) is 31.4. The molecule has 3 aromatic carbocycles. The molecule has 1 aliphatic rings. The predicted molar refractivity (Wildman–Crippen MR) is 182 cm³/mol. The first-order chi connectivity index (χ1) is 21.1. The lowest BCUT2D eigenvalue weighted by Crippen LogP contribution is -2.27. The summed E-state index contributed by atoms with van der Waals surface area (Å²) in [4.78, 5) is 41.8. The van der Waals surface area contributed by atoms with Crippen molar-refractivity contribution in [2.45, 2.75) is 70.4 Å². The molecule has 0 saturated carbocycles. The van der Waals surface area contributed by atoms with Crippen LogP contribution in [0.1, 0.15) is 78.6 Å². The largest absolute Gasteiger partial charge is 0.462 e. The molecule has 4 aromatic rings. The number of amides is 2. The molecule has 0 saturated heterocycles. The molecule has 0 spiro atoms. The van der Waals surface area contributed by atoms with Gasteiger partial charge in [0.05, 0.1) is 17.4 Å². The molecule has 230 valence electrons. The minimum Gasteiger partial charge on any atom is -0.462 e. The number of benzene rings is 3. The highest BCUT2D eigenvalue weighted by Gasteiger charge is 2.35. The molecule has 2 unspecified atom stereocenters. The Morgan fingerprint density at radius 1 is 0.977 bits per heavy atom. The van der Waals surface area contributed by atoms with Crippen molar-refractivity contribution in [3.8, 4) is 0 Å². The van der Waals surface area contributed by atoms with E-state index in [9.17, 15) is 14.4 Å². The number of thioether (sulfide) groups is 1. The number of hydrogen-bond acceptors (Lipinski definition) is 6. The second kappa shape index (κ2) is 13.6. The molecule has 44 heavy (non-hydrogen) atoms. The van der Waals surface area contributed by atoms with E-state index in [4.69, 9.17) is 4.74 Å². The second-order valence-electron chi connectivity index (χ2n) is 12.3. The molecule has 5 rings (SSSR count). The highest BCUT2D eigenvalue weighted by molar-refractivity contribution is 8.00. The van der Waals surface area contributed by atoms with Gasteiger partial charge in [-0.2, -0.15) is 0 Å². The van der Waals surface area contributed by atoms with Crippen molar-refractivity contribution >= 4 is 62.3 Å². The number of nitrogens with one attached hydrogen (secondary N) is 2. The van der Waals surface area contributed by atoms with Crippen LogP contribution in [0.5, 0.6) is 0 Å². The number of fused-ring (bicyclic) bond motifs is 2. The lowest BCUT2D eigenvalue weighted by molar-refractivity contribution is -0.115. The average Bonchev–Trinajstić information content (AvgIpc) is 3.36. The maximum Gasteiger partial charge on any atom is 0.341 e. The fourth-order valence-corrected chi connectivity index (χ4v) is 8.02. The normalized spacial score (nSPS) is 15.3. The Bertz CT molecular complexity index is 1690. The van der Waals surface area contributed by atoms with Gasteiger partial charge in [-0.3, -0.25) is 9.59 Å². The summed E-state index contributed by atoms with van der Waals surface area (Å²) in [5.74, 6) is -0.200. The van der Waals surface area contributed by atoms with Crippen LogP contribution in [-0.4, -0.2) is 29.6 Å². The molecular weight excluding hydrogens is 589 g/mol. The average molecular weight is 629 g/mol. The Hall–Kier alpha value is -3.62. The van der Waals surface area contributed by atoms with Gasteiger partial charge in [0.25, 0.3) is 5.91 Å². The lowest BCUT2D eigenvalue weighted by atomic mass is 9.72. The van der Waals surface area contributed by atoms with Crippen LogP contribution in [-0.2, 0) is 22.4 Å². The molecule has 2 N–H and O–H groups in total. The van der Waals surface area contributed by atoms with E-state index in [1.807, 2.05) is 73.7 Å². The summed E-state index contributed by atoms with van der Waals surface area (Å²) in [6, 6.07) is 21.1. The molecule has 2 atom stereocenters. The minimum absolute atomic E-state index is 0.153. The maximum atomic E-state index is 13.6. The van der Waals surface area contributed by atoms with E-state index in [-0.39, 0.29) is 29.8 Å². The maximum absolute atomic E-state index is 13.6. The Balaban J connectivity index is 1.30. The zero-order valence-corrected chi connectivity index (χ0v) is 27.6. The van der Waals surface area contributed by atoms with Crippen molar-refractivity contribution in [1.29, 1.82) is 0 Å². The second-order valence-corrected chi connectivity index (χ2v) is 14.7. The van der Waals surface area contributed by atoms with Crippen molar-refractivity contribution in [1.82, 2.24) is 0 Å². The zero-order valence-electron chi connectivity index (χ0n) is 26.0. The first-order valence-electron chi connectivity index (χ1n) is 15.3. The van der Waals surface area contributed by atoms with Crippen molar-refractivity contribution in [2.24, 2.45) is 11.3 Å². The number of anilines is 2.